The molecule has 0 spiro atoms. The zero-order valence-corrected chi connectivity index (χ0v) is 15.5. The molecule has 4 heteroatoms. The average Bonchev–Trinajstić information content (AvgIpc) is 2.51. The van der Waals surface area contributed by atoms with Crippen LogP contribution in [0.2, 0.25) is 0 Å². The van der Waals surface area contributed by atoms with Crippen LogP contribution in [0, 0.1) is 0 Å². The van der Waals surface area contributed by atoms with Crippen molar-refractivity contribution in [2.45, 2.75) is 77.7 Å². The van der Waals surface area contributed by atoms with E-state index < -0.39 is 0 Å². The number of pyridine rings is 1. The van der Waals surface area contributed by atoms with Crippen molar-refractivity contribution < 1.29 is 26.8 Å². The number of nitrogens with zero attached hydrogens (tertiary/aromatic N) is 2. The van der Waals surface area contributed by atoms with E-state index in [1.807, 2.05) is 24.4 Å². The number of aromatic nitrogens is 1. The van der Waals surface area contributed by atoms with Gasteiger partial charge in [0.05, 0.1) is 0 Å². The molecular formula is C18H31BrN2O. The SMILES string of the molecule is CCCCCCCCCCCC[n+]1ccccc1/C=N\O.[Br-]. The van der Waals surface area contributed by atoms with Gasteiger partial charge in [-0.1, -0.05) is 63.4 Å². The van der Waals surface area contributed by atoms with Crippen LogP contribution in [0.3, 0.4) is 0 Å². The Balaban J connectivity index is 0.00000441. The lowest BCUT2D eigenvalue weighted by molar-refractivity contribution is -0.698. The summed E-state index contributed by atoms with van der Waals surface area (Å²) in [5.41, 5.74) is 0.955. The Morgan fingerprint density at radius 3 is 2.14 bits per heavy atom. The number of hydrogen-bond donors (Lipinski definition) is 1. The molecule has 1 rings (SSSR count). The van der Waals surface area contributed by atoms with Gasteiger partial charge in [0.2, 0.25) is 5.69 Å². The highest BCUT2D eigenvalue weighted by molar-refractivity contribution is 5.74. The van der Waals surface area contributed by atoms with E-state index in [1.54, 1.807) is 0 Å². The van der Waals surface area contributed by atoms with E-state index in [9.17, 15) is 0 Å². The lowest BCUT2D eigenvalue weighted by atomic mass is 10.1. The summed E-state index contributed by atoms with van der Waals surface area (Å²) in [7, 11) is 0. The van der Waals surface area contributed by atoms with Crippen LogP contribution in [0.25, 0.3) is 0 Å². The molecule has 0 atom stereocenters. The lowest BCUT2D eigenvalue weighted by Gasteiger charge is -2.02. The molecule has 0 amide bonds. The molecule has 1 N–H and O–H groups in total. The highest BCUT2D eigenvalue weighted by Gasteiger charge is 2.06. The highest BCUT2D eigenvalue weighted by atomic mass is 79.9. The number of oxime groups is 1. The monoisotopic (exact) mass is 370 g/mol. The van der Waals surface area contributed by atoms with Crippen molar-refractivity contribution in [1.82, 2.24) is 0 Å². The first-order valence-corrected chi connectivity index (χ1v) is 8.54. The van der Waals surface area contributed by atoms with Crippen molar-refractivity contribution in [3.8, 4) is 0 Å². The standard InChI is InChI=1S/C18H30N2O.BrH/c1-2-3-4-5-6-7-8-9-10-12-15-20-16-13-11-14-18(20)17-19-21;/h11,13-14,16-17H,2-10,12,15H2,1H3;1H. The third kappa shape index (κ3) is 9.93. The topological polar surface area (TPSA) is 36.5 Å². The lowest BCUT2D eigenvalue weighted by Crippen LogP contribution is -3.00. The number of hydrogen-bond acceptors (Lipinski definition) is 2. The Morgan fingerprint density at radius 1 is 0.955 bits per heavy atom. The van der Waals surface area contributed by atoms with Crippen LogP contribution in [0.5, 0.6) is 0 Å². The van der Waals surface area contributed by atoms with Crippen LogP contribution < -0.4 is 21.5 Å². The van der Waals surface area contributed by atoms with Gasteiger partial charge in [0.1, 0.15) is 12.8 Å². The number of rotatable bonds is 12. The van der Waals surface area contributed by atoms with Gasteiger partial charge in [-0.15, -0.1) is 0 Å². The van der Waals surface area contributed by atoms with Gasteiger partial charge in [-0.2, -0.15) is 4.57 Å². The van der Waals surface area contributed by atoms with Crippen LogP contribution in [-0.4, -0.2) is 11.4 Å². The van der Waals surface area contributed by atoms with Crippen molar-refractivity contribution >= 4 is 6.21 Å². The summed E-state index contributed by atoms with van der Waals surface area (Å²) in [4.78, 5) is 0. The average molecular weight is 371 g/mol. The quantitative estimate of drug-likeness (QED) is 0.196. The predicted molar refractivity (Wildman–Crippen MR) is 87.9 cm³/mol. The summed E-state index contributed by atoms with van der Waals surface area (Å²) in [5.74, 6) is 0. The van der Waals surface area contributed by atoms with E-state index in [1.165, 1.54) is 70.4 Å². The van der Waals surface area contributed by atoms with Gasteiger partial charge in [0.15, 0.2) is 6.20 Å². The molecule has 126 valence electrons. The van der Waals surface area contributed by atoms with E-state index in [0.717, 1.165) is 12.2 Å². The smallest absolute Gasteiger partial charge is 0.227 e. The van der Waals surface area contributed by atoms with Crippen LogP contribution >= 0.6 is 0 Å². The minimum Gasteiger partial charge on any atom is -1.00 e. The fourth-order valence-electron chi connectivity index (χ4n) is 2.64. The van der Waals surface area contributed by atoms with E-state index >= 15 is 0 Å². The molecule has 3 nitrogen and oxygen atoms in total. The second-order valence-electron chi connectivity index (χ2n) is 5.75. The molecule has 0 aromatic carbocycles. The molecule has 0 bridgehead atoms. The molecule has 0 aliphatic rings. The van der Waals surface area contributed by atoms with Gasteiger partial charge < -0.3 is 22.2 Å². The second-order valence-corrected chi connectivity index (χ2v) is 5.75. The summed E-state index contributed by atoms with van der Waals surface area (Å²) in [6.45, 7) is 3.27. The van der Waals surface area contributed by atoms with Gasteiger partial charge in [-0.3, -0.25) is 0 Å². The second kappa shape index (κ2) is 15.0. The van der Waals surface area contributed by atoms with Crippen molar-refractivity contribution in [1.29, 1.82) is 0 Å². The molecule has 1 aromatic heterocycles. The summed E-state index contributed by atoms with van der Waals surface area (Å²) < 4.78 is 2.14. The number of unbranched alkanes of at least 4 members (excludes halogenated alkanes) is 9. The minimum absolute atomic E-state index is 0. The normalized spacial score (nSPS) is 10.8. The van der Waals surface area contributed by atoms with Crippen LogP contribution in [-0.2, 0) is 6.54 Å². The molecule has 0 radical (unpaired) electrons. The Morgan fingerprint density at radius 2 is 1.55 bits per heavy atom. The van der Waals surface area contributed by atoms with Crippen molar-refractivity contribution in [2.75, 3.05) is 0 Å². The maximum absolute atomic E-state index is 8.65. The minimum atomic E-state index is 0. The van der Waals surface area contributed by atoms with Gasteiger partial charge >= 0.3 is 0 Å². The maximum atomic E-state index is 8.65. The van der Waals surface area contributed by atoms with E-state index in [4.69, 9.17) is 5.21 Å². The Labute approximate surface area is 146 Å². The Hall–Kier alpha value is -0.900. The fraction of sp³-hybridized carbons (Fsp3) is 0.667. The first-order chi connectivity index (χ1) is 10.4. The third-order valence-corrected chi connectivity index (χ3v) is 3.92. The molecule has 0 aliphatic heterocycles. The van der Waals surface area contributed by atoms with Gasteiger partial charge in [-0.25, -0.2) is 0 Å². The van der Waals surface area contributed by atoms with Gasteiger partial charge in [0.25, 0.3) is 0 Å². The Bertz CT molecular complexity index is 396. The molecule has 0 saturated carbocycles. The zero-order valence-electron chi connectivity index (χ0n) is 13.9. The van der Waals surface area contributed by atoms with Crippen LogP contribution in [0.4, 0.5) is 0 Å². The van der Waals surface area contributed by atoms with E-state index in [2.05, 4.69) is 16.6 Å². The first kappa shape index (κ1) is 21.1. The fourth-order valence-corrected chi connectivity index (χ4v) is 2.64. The van der Waals surface area contributed by atoms with Crippen molar-refractivity contribution in [3.63, 3.8) is 0 Å². The van der Waals surface area contributed by atoms with Gasteiger partial charge in [-0.05, 0) is 12.5 Å². The summed E-state index contributed by atoms with van der Waals surface area (Å²) in [6, 6.07) is 5.95. The van der Waals surface area contributed by atoms with Crippen LogP contribution in [0.15, 0.2) is 29.6 Å². The molecule has 0 unspecified atom stereocenters. The molecule has 0 aliphatic carbocycles. The zero-order chi connectivity index (χ0) is 15.2. The van der Waals surface area contributed by atoms with Crippen molar-refractivity contribution in [3.05, 3.63) is 30.1 Å². The molecular weight excluding hydrogens is 340 g/mol. The van der Waals surface area contributed by atoms with Crippen LogP contribution in [0.1, 0.15) is 76.8 Å². The number of halogens is 1. The predicted octanol–water partition coefficient (Wildman–Crippen LogP) is 1.71. The Kier molecular flexibility index (Phi) is 14.4. The summed E-state index contributed by atoms with van der Waals surface area (Å²) in [6.07, 6.45) is 17.1. The maximum Gasteiger partial charge on any atom is 0.227 e. The third-order valence-electron chi connectivity index (χ3n) is 3.92. The molecule has 0 saturated heterocycles. The van der Waals surface area contributed by atoms with E-state index in [0.29, 0.717) is 0 Å². The molecule has 1 aromatic rings. The largest absolute Gasteiger partial charge is 1.00 e. The molecule has 22 heavy (non-hydrogen) atoms. The molecule has 0 fully saturated rings. The molecule has 1 heterocycles. The first-order valence-electron chi connectivity index (χ1n) is 8.54. The van der Waals surface area contributed by atoms with E-state index in [-0.39, 0.29) is 17.0 Å². The summed E-state index contributed by atoms with van der Waals surface area (Å²) >= 11 is 0. The highest BCUT2D eigenvalue weighted by Crippen LogP contribution is 2.10. The summed E-state index contributed by atoms with van der Waals surface area (Å²) in [5, 5.41) is 11.8. The van der Waals surface area contributed by atoms with Crippen molar-refractivity contribution in [2.24, 2.45) is 5.16 Å². The number of aryl methyl sites for hydroxylation is 1. The van der Waals surface area contributed by atoms with Gasteiger partial charge in [0, 0.05) is 18.6 Å².